The second kappa shape index (κ2) is 6.72. The molecule has 1 unspecified atom stereocenters. The SMILES string of the molecule is Cc1ccc(OCOCC(F)(F)F)c(CC(C)N)n1. The molecule has 1 rings (SSSR count). The van der Waals surface area contributed by atoms with Gasteiger partial charge >= 0.3 is 6.18 Å². The molecule has 0 aromatic carbocycles. The molecule has 0 amide bonds. The Morgan fingerprint density at radius 1 is 1.37 bits per heavy atom. The van der Waals surface area contributed by atoms with Gasteiger partial charge in [-0.1, -0.05) is 0 Å². The smallest absolute Gasteiger partial charge is 0.411 e. The van der Waals surface area contributed by atoms with Crippen molar-refractivity contribution in [3.05, 3.63) is 23.5 Å². The molecule has 108 valence electrons. The second-order valence-electron chi connectivity index (χ2n) is 4.30. The largest absolute Gasteiger partial charge is 0.466 e. The summed E-state index contributed by atoms with van der Waals surface area (Å²) in [5.74, 6) is 0.394. The quantitative estimate of drug-likeness (QED) is 0.640. The summed E-state index contributed by atoms with van der Waals surface area (Å²) in [6, 6.07) is 3.24. The highest BCUT2D eigenvalue weighted by Gasteiger charge is 2.27. The third-order valence-corrected chi connectivity index (χ3v) is 2.15. The summed E-state index contributed by atoms with van der Waals surface area (Å²) in [4.78, 5) is 4.26. The average molecular weight is 278 g/mol. The predicted octanol–water partition coefficient (Wildman–Crippen LogP) is 2.19. The minimum atomic E-state index is -4.36. The van der Waals surface area contributed by atoms with Crippen molar-refractivity contribution in [2.24, 2.45) is 5.73 Å². The van der Waals surface area contributed by atoms with Gasteiger partial charge in [-0.25, -0.2) is 0 Å². The minimum absolute atomic E-state index is 0.118. The molecular weight excluding hydrogens is 261 g/mol. The Kier molecular flexibility index (Phi) is 5.56. The summed E-state index contributed by atoms with van der Waals surface area (Å²) in [5.41, 5.74) is 7.09. The van der Waals surface area contributed by atoms with Crippen LogP contribution in [-0.2, 0) is 11.2 Å². The van der Waals surface area contributed by atoms with Gasteiger partial charge in [0, 0.05) is 18.2 Å². The van der Waals surface area contributed by atoms with Gasteiger partial charge in [-0.2, -0.15) is 13.2 Å². The lowest BCUT2D eigenvalue weighted by atomic mass is 10.1. The van der Waals surface area contributed by atoms with Crippen molar-refractivity contribution in [1.29, 1.82) is 0 Å². The first-order valence-corrected chi connectivity index (χ1v) is 5.77. The lowest BCUT2D eigenvalue weighted by molar-refractivity contribution is -0.186. The highest BCUT2D eigenvalue weighted by Crippen LogP contribution is 2.19. The number of nitrogens with two attached hydrogens (primary N) is 1. The van der Waals surface area contributed by atoms with Gasteiger partial charge in [0.05, 0.1) is 5.69 Å². The number of hydrogen-bond acceptors (Lipinski definition) is 4. The normalized spacial score (nSPS) is 13.4. The number of ether oxygens (including phenoxy) is 2. The van der Waals surface area contributed by atoms with E-state index in [4.69, 9.17) is 10.5 Å². The third kappa shape index (κ3) is 6.40. The van der Waals surface area contributed by atoms with Crippen molar-refractivity contribution >= 4 is 0 Å². The van der Waals surface area contributed by atoms with Crippen LogP contribution >= 0.6 is 0 Å². The maximum absolute atomic E-state index is 11.9. The Balaban J connectivity index is 2.57. The Labute approximate surface area is 109 Å². The molecule has 1 aromatic heterocycles. The van der Waals surface area contributed by atoms with Crippen LogP contribution in [-0.4, -0.2) is 30.6 Å². The fourth-order valence-corrected chi connectivity index (χ4v) is 1.44. The summed E-state index contributed by atoms with van der Waals surface area (Å²) in [7, 11) is 0. The van der Waals surface area contributed by atoms with E-state index in [0.29, 0.717) is 17.9 Å². The lowest BCUT2D eigenvalue weighted by Gasteiger charge is -2.13. The van der Waals surface area contributed by atoms with Crippen LogP contribution in [0.5, 0.6) is 5.75 Å². The highest BCUT2D eigenvalue weighted by molar-refractivity contribution is 5.29. The number of halogens is 3. The van der Waals surface area contributed by atoms with Crippen LogP contribution in [0.25, 0.3) is 0 Å². The third-order valence-electron chi connectivity index (χ3n) is 2.15. The molecule has 0 saturated carbocycles. The van der Waals surface area contributed by atoms with Crippen molar-refractivity contribution in [2.45, 2.75) is 32.5 Å². The average Bonchev–Trinajstić information content (AvgIpc) is 2.24. The molecule has 0 saturated heterocycles. The van der Waals surface area contributed by atoms with Crippen LogP contribution < -0.4 is 10.5 Å². The lowest BCUT2D eigenvalue weighted by Crippen LogP contribution is -2.21. The number of aromatic nitrogens is 1. The maximum atomic E-state index is 11.9. The number of rotatable bonds is 6. The fourth-order valence-electron chi connectivity index (χ4n) is 1.44. The van der Waals surface area contributed by atoms with E-state index in [1.165, 1.54) is 0 Å². The molecule has 19 heavy (non-hydrogen) atoms. The summed E-state index contributed by atoms with van der Waals surface area (Å²) in [6.07, 6.45) is -3.88. The van der Waals surface area contributed by atoms with Crippen LogP contribution in [0.1, 0.15) is 18.3 Å². The van der Waals surface area contributed by atoms with Crippen LogP contribution in [0.2, 0.25) is 0 Å². The Hall–Kier alpha value is -1.34. The van der Waals surface area contributed by atoms with Gasteiger partial charge in [0.15, 0.2) is 6.79 Å². The van der Waals surface area contributed by atoms with Gasteiger partial charge in [-0.3, -0.25) is 4.98 Å². The van der Waals surface area contributed by atoms with E-state index in [1.54, 1.807) is 12.1 Å². The molecule has 0 aliphatic rings. The first-order valence-electron chi connectivity index (χ1n) is 5.77. The predicted molar refractivity (Wildman–Crippen MR) is 63.8 cm³/mol. The zero-order valence-corrected chi connectivity index (χ0v) is 10.8. The molecule has 4 nitrogen and oxygen atoms in total. The molecule has 0 radical (unpaired) electrons. The van der Waals surface area contributed by atoms with Gasteiger partial charge in [-0.05, 0) is 26.0 Å². The van der Waals surface area contributed by atoms with Crippen LogP contribution in [0.4, 0.5) is 13.2 Å². The van der Waals surface area contributed by atoms with Crippen molar-refractivity contribution < 1.29 is 22.6 Å². The van der Waals surface area contributed by atoms with E-state index < -0.39 is 19.6 Å². The zero-order valence-electron chi connectivity index (χ0n) is 10.8. The monoisotopic (exact) mass is 278 g/mol. The molecule has 1 heterocycles. The summed E-state index contributed by atoms with van der Waals surface area (Å²) in [6.45, 7) is 1.81. The fraction of sp³-hybridized carbons (Fsp3) is 0.583. The molecule has 0 fully saturated rings. The molecule has 2 N–H and O–H groups in total. The van der Waals surface area contributed by atoms with Crippen molar-refractivity contribution in [1.82, 2.24) is 4.98 Å². The molecular formula is C12H17F3N2O2. The number of pyridine rings is 1. The number of aryl methyl sites for hydroxylation is 1. The van der Waals surface area contributed by atoms with E-state index in [1.807, 2.05) is 13.8 Å². The number of hydrogen-bond donors (Lipinski definition) is 1. The highest BCUT2D eigenvalue weighted by atomic mass is 19.4. The van der Waals surface area contributed by atoms with E-state index in [0.717, 1.165) is 5.69 Å². The maximum Gasteiger partial charge on any atom is 0.411 e. The van der Waals surface area contributed by atoms with E-state index in [-0.39, 0.29) is 6.04 Å². The molecule has 7 heteroatoms. The topological polar surface area (TPSA) is 57.4 Å². The Bertz CT molecular complexity index is 408. The molecule has 1 atom stereocenters. The first kappa shape index (κ1) is 15.7. The molecule has 0 aliphatic carbocycles. The minimum Gasteiger partial charge on any atom is -0.466 e. The molecule has 0 aliphatic heterocycles. The summed E-state index contributed by atoms with van der Waals surface area (Å²) < 4.78 is 45.2. The Morgan fingerprint density at radius 2 is 2.05 bits per heavy atom. The van der Waals surface area contributed by atoms with Crippen LogP contribution in [0.3, 0.4) is 0 Å². The van der Waals surface area contributed by atoms with Crippen LogP contribution in [0.15, 0.2) is 12.1 Å². The van der Waals surface area contributed by atoms with Crippen molar-refractivity contribution in [3.8, 4) is 5.75 Å². The van der Waals surface area contributed by atoms with Crippen LogP contribution in [0, 0.1) is 6.92 Å². The summed E-state index contributed by atoms with van der Waals surface area (Å²) >= 11 is 0. The van der Waals surface area contributed by atoms with E-state index in [2.05, 4.69) is 9.72 Å². The standard InChI is InChI=1S/C12H17F3N2O2/c1-8(16)5-10-11(4-3-9(2)17-10)19-7-18-6-12(13,14)15/h3-4,8H,5-7,16H2,1-2H3. The van der Waals surface area contributed by atoms with E-state index >= 15 is 0 Å². The second-order valence-corrected chi connectivity index (χ2v) is 4.30. The van der Waals surface area contributed by atoms with Crippen molar-refractivity contribution in [3.63, 3.8) is 0 Å². The van der Waals surface area contributed by atoms with Gasteiger partial charge in [0.2, 0.25) is 0 Å². The molecule has 0 spiro atoms. The van der Waals surface area contributed by atoms with Gasteiger partial charge in [-0.15, -0.1) is 0 Å². The van der Waals surface area contributed by atoms with Gasteiger partial charge in [0.1, 0.15) is 12.4 Å². The van der Waals surface area contributed by atoms with E-state index in [9.17, 15) is 13.2 Å². The van der Waals surface area contributed by atoms with Gasteiger partial charge in [0.25, 0.3) is 0 Å². The number of alkyl halides is 3. The van der Waals surface area contributed by atoms with Gasteiger partial charge < -0.3 is 15.2 Å². The summed E-state index contributed by atoms with van der Waals surface area (Å²) in [5, 5.41) is 0. The van der Waals surface area contributed by atoms with Crippen molar-refractivity contribution in [2.75, 3.05) is 13.4 Å². The number of nitrogens with zero attached hydrogens (tertiary/aromatic N) is 1. The first-order chi connectivity index (χ1) is 8.78. The molecule has 1 aromatic rings. The Morgan fingerprint density at radius 3 is 2.63 bits per heavy atom. The molecule has 0 bridgehead atoms. The zero-order chi connectivity index (χ0) is 14.5.